The molecule has 0 bridgehead atoms. The molecule has 0 aromatic heterocycles. The third kappa shape index (κ3) is 4.69. The highest BCUT2D eigenvalue weighted by Crippen LogP contribution is 2.15. The van der Waals surface area contributed by atoms with Crippen LogP contribution in [0.5, 0.6) is 0 Å². The molecule has 1 saturated heterocycles. The molecular formula is C19H26N4O. The van der Waals surface area contributed by atoms with Crippen molar-refractivity contribution in [2.75, 3.05) is 46.4 Å². The van der Waals surface area contributed by atoms with Crippen LogP contribution in [0.3, 0.4) is 0 Å². The molecule has 2 aromatic carbocycles. The fourth-order valence-electron chi connectivity index (χ4n) is 2.91. The third-order valence-corrected chi connectivity index (χ3v) is 4.32. The van der Waals surface area contributed by atoms with Gasteiger partial charge in [-0.05, 0) is 22.4 Å². The van der Waals surface area contributed by atoms with Gasteiger partial charge in [0, 0.05) is 39.8 Å². The number of rotatable bonds is 5. The molecule has 0 unspecified atom stereocenters. The Balaban J connectivity index is 1.46. The molecule has 0 amide bonds. The van der Waals surface area contributed by atoms with Crippen molar-refractivity contribution in [2.45, 2.75) is 6.54 Å². The van der Waals surface area contributed by atoms with E-state index in [9.17, 15) is 0 Å². The van der Waals surface area contributed by atoms with E-state index in [2.05, 4.69) is 63.0 Å². The van der Waals surface area contributed by atoms with Gasteiger partial charge < -0.3 is 15.4 Å². The normalized spacial score (nSPS) is 16.3. The van der Waals surface area contributed by atoms with Crippen LogP contribution in [0.15, 0.2) is 47.5 Å². The van der Waals surface area contributed by atoms with E-state index in [1.54, 1.807) is 0 Å². The number of benzene rings is 2. The Morgan fingerprint density at radius 1 is 1.08 bits per heavy atom. The minimum absolute atomic E-state index is 0.766. The highest BCUT2D eigenvalue weighted by atomic mass is 16.5. The number of nitrogens with zero attached hydrogens (tertiary/aromatic N) is 2. The van der Waals surface area contributed by atoms with E-state index in [0.717, 1.165) is 51.9 Å². The number of morpholine rings is 1. The molecule has 3 rings (SSSR count). The minimum Gasteiger partial charge on any atom is -0.379 e. The molecule has 1 aliphatic rings. The summed E-state index contributed by atoms with van der Waals surface area (Å²) in [4.78, 5) is 6.71. The van der Waals surface area contributed by atoms with Crippen molar-refractivity contribution in [1.82, 2.24) is 15.5 Å². The molecule has 1 aliphatic heterocycles. The molecule has 1 heterocycles. The molecule has 0 spiro atoms. The highest BCUT2D eigenvalue weighted by Gasteiger charge is 2.09. The predicted octanol–water partition coefficient (Wildman–Crippen LogP) is 1.84. The lowest BCUT2D eigenvalue weighted by molar-refractivity contribution is 0.0389. The Hall–Kier alpha value is -2.11. The molecule has 0 saturated carbocycles. The topological polar surface area (TPSA) is 48.9 Å². The standard InChI is InChI=1S/C19H26N4O/c1-20-19(21-8-9-23-10-12-24-13-11-23)22-15-16-6-7-17-4-2-3-5-18(17)14-16/h2-7,14H,8-13,15H2,1H3,(H2,20,21,22). The zero-order valence-electron chi connectivity index (χ0n) is 14.3. The summed E-state index contributed by atoms with van der Waals surface area (Å²) in [5.74, 6) is 0.844. The first-order valence-corrected chi connectivity index (χ1v) is 8.57. The average molecular weight is 326 g/mol. The zero-order valence-corrected chi connectivity index (χ0v) is 14.3. The Kier molecular flexibility index (Phi) is 6.04. The first-order chi connectivity index (χ1) is 11.8. The van der Waals surface area contributed by atoms with Gasteiger partial charge in [0.1, 0.15) is 0 Å². The van der Waals surface area contributed by atoms with E-state index < -0.39 is 0 Å². The van der Waals surface area contributed by atoms with E-state index >= 15 is 0 Å². The summed E-state index contributed by atoms with van der Waals surface area (Å²) in [5, 5.41) is 9.31. The van der Waals surface area contributed by atoms with Crippen LogP contribution in [-0.2, 0) is 11.3 Å². The Morgan fingerprint density at radius 2 is 1.88 bits per heavy atom. The first-order valence-electron chi connectivity index (χ1n) is 8.57. The largest absolute Gasteiger partial charge is 0.379 e. The van der Waals surface area contributed by atoms with E-state index in [1.165, 1.54) is 16.3 Å². The van der Waals surface area contributed by atoms with Gasteiger partial charge in [-0.15, -0.1) is 0 Å². The molecule has 128 valence electrons. The zero-order chi connectivity index (χ0) is 16.6. The van der Waals surface area contributed by atoms with E-state index in [4.69, 9.17) is 4.74 Å². The lowest BCUT2D eigenvalue weighted by Crippen LogP contribution is -2.44. The van der Waals surface area contributed by atoms with Crippen molar-refractivity contribution in [2.24, 2.45) is 4.99 Å². The number of aliphatic imine (C=N–C) groups is 1. The number of ether oxygens (including phenoxy) is 1. The number of hydrogen-bond donors (Lipinski definition) is 2. The van der Waals surface area contributed by atoms with Crippen LogP contribution in [0, 0.1) is 0 Å². The summed E-state index contributed by atoms with van der Waals surface area (Å²) in [5.41, 5.74) is 1.25. The second-order valence-electron chi connectivity index (χ2n) is 5.99. The van der Waals surface area contributed by atoms with Gasteiger partial charge in [0.2, 0.25) is 0 Å². The molecule has 0 aliphatic carbocycles. The molecule has 0 atom stereocenters. The average Bonchev–Trinajstić information content (AvgIpc) is 2.65. The first kappa shape index (κ1) is 16.7. The Bertz CT molecular complexity index is 680. The van der Waals surface area contributed by atoms with Gasteiger partial charge >= 0.3 is 0 Å². The SMILES string of the molecule is CN=C(NCCN1CCOCC1)NCc1ccc2ccccc2c1. The Morgan fingerprint density at radius 3 is 2.67 bits per heavy atom. The van der Waals surface area contributed by atoms with Crippen LogP contribution in [0.1, 0.15) is 5.56 Å². The summed E-state index contributed by atoms with van der Waals surface area (Å²) in [6, 6.07) is 15.0. The quantitative estimate of drug-likeness (QED) is 0.650. The molecule has 24 heavy (non-hydrogen) atoms. The molecule has 2 N–H and O–H groups in total. The maximum Gasteiger partial charge on any atom is 0.191 e. The predicted molar refractivity (Wildman–Crippen MR) is 99.4 cm³/mol. The van der Waals surface area contributed by atoms with Gasteiger partial charge in [-0.25, -0.2) is 0 Å². The van der Waals surface area contributed by atoms with Gasteiger partial charge in [0.25, 0.3) is 0 Å². The maximum atomic E-state index is 5.37. The van der Waals surface area contributed by atoms with Gasteiger partial charge in [-0.1, -0.05) is 36.4 Å². The third-order valence-electron chi connectivity index (χ3n) is 4.32. The van der Waals surface area contributed by atoms with Gasteiger partial charge in [0.05, 0.1) is 13.2 Å². The van der Waals surface area contributed by atoms with Crippen LogP contribution in [-0.4, -0.2) is 57.3 Å². The summed E-state index contributed by atoms with van der Waals surface area (Å²) >= 11 is 0. The lowest BCUT2D eigenvalue weighted by Gasteiger charge is -2.26. The molecule has 2 aromatic rings. The summed E-state index contributed by atoms with van der Waals surface area (Å²) in [6.45, 7) is 6.39. The summed E-state index contributed by atoms with van der Waals surface area (Å²) < 4.78 is 5.37. The molecule has 1 fully saturated rings. The van der Waals surface area contributed by atoms with Gasteiger partial charge in [0.15, 0.2) is 5.96 Å². The second kappa shape index (κ2) is 8.66. The van der Waals surface area contributed by atoms with Crippen molar-refractivity contribution >= 4 is 16.7 Å². The van der Waals surface area contributed by atoms with Crippen LogP contribution in [0.4, 0.5) is 0 Å². The van der Waals surface area contributed by atoms with Gasteiger partial charge in [-0.3, -0.25) is 9.89 Å². The summed E-state index contributed by atoms with van der Waals surface area (Å²) in [6.07, 6.45) is 0. The van der Waals surface area contributed by atoms with Gasteiger partial charge in [-0.2, -0.15) is 0 Å². The lowest BCUT2D eigenvalue weighted by atomic mass is 10.1. The number of nitrogens with one attached hydrogen (secondary N) is 2. The van der Waals surface area contributed by atoms with Crippen molar-refractivity contribution in [3.8, 4) is 0 Å². The van der Waals surface area contributed by atoms with Crippen LogP contribution < -0.4 is 10.6 Å². The monoisotopic (exact) mass is 326 g/mol. The molecule has 5 heteroatoms. The van der Waals surface area contributed by atoms with Crippen LogP contribution in [0.2, 0.25) is 0 Å². The van der Waals surface area contributed by atoms with Crippen molar-refractivity contribution in [3.05, 3.63) is 48.0 Å². The number of guanidine groups is 1. The molecular weight excluding hydrogens is 300 g/mol. The highest BCUT2D eigenvalue weighted by molar-refractivity contribution is 5.83. The van der Waals surface area contributed by atoms with E-state index in [0.29, 0.717) is 0 Å². The van der Waals surface area contributed by atoms with Crippen molar-refractivity contribution < 1.29 is 4.74 Å². The smallest absolute Gasteiger partial charge is 0.191 e. The van der Waals surface area contributed by atoms with Crippen molar-refractivity contribution in [1.29, 1.82) is 0 Å². The Labute approximate surface area is 143 Å². The van der Waals surface area contributed by atoms with E-state index in [-0.39, 0.29) is 0 Å². The second-order valence-corrected chi connectivity index (χ2v) is 5.99. The fraction of sp³-hybridized carbons (Fsp3) is 0.421. The minimum atomic E-state index is 0.766. The maximum absolute atomic E-state index is 5.37. The number of fused-ring (bicyclic) bond motifs is 1. The molecule has 5 nitrogen and oxygen atoms in total. The summed E-state index contributed by atoms with van der Waals surface area (Å²) in [7, 11) is 1.81. The fourth-order valence-corrected chi connectivity index (χ4v) is 2.91. The van der Waals surface area contributed by atoms with Crippen LogP contribution in [0.25, 0.3) is 10.8 Å². The number of hydrogen-bond acceptors (Lipinski definition) is 3. The van der Waals surface area contributed by atoms with Crippen LogP contribution >= 0.6 is 0 Å². The van der Waals surface area contributed by atoms with Crippen molar-refractivity contribution in [3.63, 3.8) is 0 Å². The molecule has 0 radical (unpaired) electrons. The van der Waals surface area contributed by atoms with E-state index in [1.807, 2.05) is 7.05 Å².